The van der Waals surface area contributed by atoms with Crippen LogP contribution in [0.3, 0.4) is 0 Å². The molecule has 0 heterocycles. The van der Waals surface area contributed by atoms with Crippen molar-refractivity contribution in [2.45, 2.75) is 25.3 Å². The first-order valence-electron chi connectivity index (χ1n) is 5.12. The van der Waals surface area contributed by atoms with Crippen molar-refractivity contribution < 1.29 is 13.2 Å². The molecule has 1 amide bonds. The third kappa shape index (κ3) is 4.02. The predicted octanol–water partition coefficient (Wildman–Crippen LogP) is 1.77. The molecule has 0 aliphatic heterocycles. The van der Waals surface area contributed by atoms with Crippen LogP contribution in [0.5, 0.6) is 0 Å². The molecule has 0 aliphatic rings. The third-order valence-corrected chi connectivity index (χ3v) is 4.14. The first kappa shape index (κ1) is 14.0. The van der Waals surface area contributed by atoms with Gasteiger partial charge in [-0.25, -0.2) is 8.42 Å². The lowest BCUT2D eigenvalue weighted by Gasteiger charge is -2.07. The Kier molecular flexibility index (Phi) is 4.54. The van der Waals surface area contributed by atoms with E-state index in [2.05, 4.69) is 5.32 Å². The molecule has 1 N–H and O–H groups in total. The van der Waals surface area contributed by atoms with E-state index in [1.54, 1.807) is 13.0 Å². The van der Waals surface area contributed by atoms with Gasteiger partial charge in [0.1, 0.15) is 0 Å². The largest absolute Gasteiger partial charge is 0.352 e. The van der Waals surface area contributed by atoms with E-state index in [0.717, 1.165) is 0 Å². The third-order valence-electron chi connectivity index (χ3n) is 2.21. The first-order chi connectivity index (χ1) is 7.85. The fraction of sp³-hybridized carbons (Fsp3) is 0.364. The standard InChI is InChI=1S/C11H14ClNO3S/c1-3-17(15,16)11-5-9(4-10(12)6-11)7-13-8(2)14/h4-6H,3,7H2,1-2H3,(H,13,14). The summed E-state index contributed by atoms with van der Waals surface area (Å²) in [6, 6.07) is 4.57. The number of hydrogen-bond acceptors (Lipinski definition) is 3. The SMILES string of the molecule is CCS(=O)(=O)c1cc(Cl)cc(CNC(C)=O)c1. The number of rotatable bonds is 4. The number of sulfone groups is 1. The second kappa shape index (κ2) is 5.51. The van der Waals surface area contributed by atoms with Gasteiger partial charge in [0.15, 0.2) is 9.84 Å². The van der Waals surface area contributed by atoms with Gasteiger partial charge >= 0.3 is 0 Å². The number of benzene rings is 1. The molecule has 0 radical (unpaired) electrons. The predicted molar refractivity (Wildman–Crippen MR) is 66.7 cm³/mol. The topological polar surface area (TPSA) is 63.2 Å². The van der Waals surface area contributed by atoms with Crippen LogP contribution in [0.1, 0.15) is 19.4 Å². The summed E-state index contributed by atoms with van der Waals surface area (Å²) in [6.45, 7) is 3.24. The minimum Gasteiger partial charge on any atom is -0.352 e. The van der Waals surface area contributed by atoms with Crippen LogP contribution in [0.2, 0.25) is 5.02 Å². The molecule has 0 fully saturated rings. The van der Waals surface area contributed by atoms with Crippen molar-refractivity contribution >= 4 is 27.3 Å². The lowest BCUT2D eigenvalue weighted by molar-refractivity contribution is -0.119. The van der Waals surface area contributed by atoms with Gasteiger partial charge in [-0.1, -0.05) is 18.5 Å². The summed E-state index contributed by atoms with van der Waals surface area (Å²) in [4.78, 5) is 11.0. The second-order valence-electron chi connectivity index (χ2n) is 3.61. The van der Waals surface area contributed by atoms with Crippen LogP contribution in [0.4, 0.5) is 0 Å². The molecule has 0 spiro atoms. The zero-order chi connectivity index (χ0) is 13.1. The quantitative estimate of drug-likeness (QED) is 0.911. The van der Waals surface area contributed by atoms with Crippen LogP contribution in [-0.4, -0.2) is 20.1 Å². The lowest BCUT2D eigenvalue weighted by atomic mass is 10.2. The molecule has 0 saturated heterocycles. The van der Waals surface area contributed by atoms with Gasteiger partial charge in [0.05, 0.1) is 10.6 Å². The maximum atomic E-state index is 11.7. The number of halogens is 1. The normalized spacial score (nSPS) is 11.2. The summed E-state index contributed by atoms with van der Waals surface area (Å²) < 4.78 is 23.4. The lowest BCUT2D eigenvalue weighted by Crippen LogP contribution is -2.19. The monoisotopic (exact) mass is 275 g/mol. The molecular weight excluding hydrogens is 262 g/mol. The van der Waals surface area contributed by atoms with Crippen molar-refractivity contribution in [2.24, 2.45) is 0 Å². The molecule has 1 aromatic carbocycles. The van der Waals surface area contributed by atoms with Crippen LogP contribution in [0, 0.1) is 0 Å². The van der Waals surface area contributed by atoms with E-state index < -0.39 is 9.84 Å². The van der Waals surface area contributed by atoms with Crippen LogP contribution < -0.4 is 5.32 Å². The average molecular weight is 276 g/mol. The van der Waals surface area contributed by atoms with E-state index in [-0.39, 0.29) is 23.1 Å². The van der Waals surface area contributed by atoms with Crippen molar-refractivity contribution in [3.05, 3.63) is 28.8 Å². The van der Waals surface area contributed by atoms with Crippen molar-refractivity contribution in [1.29, 1.82) is 0 Å². The minimum atomic E-state index is -3.28. The zero-order valence-electron chi connectivity index (χ0n) is 9.66. The fourth-order valence-corrected chi connectivity index (χ4v) is 2.59. The highest BCUT2D eigenvalue weighted by atomic mass is 35.5. The number of hydrogen-bond donors (Lipinski definition) is 1. The number of carbonyl (C=O) groups excluding carboxylic acids is 1. The highest BCUT2D eigenvalue weighted by molar-refractivity contribution is 7.91. The Morgan fingerprint density at radius 3 is 2.53 bits per heavy atom. The van der Waals surface area contributed by atoms with E-state index in [9.17, 15) is 13.2 Å². The molecule has 0 aromatic heterocycles. The maximum Gasteiger partial charge on any atom is 0.217 e. The maximum absolute atomic E-state index is 11.7. The highest BCUT2D eigenvalue weighted by Gasteiger charge is 2.13. The zero-order valence-corrected chi connectivity index (χ0v) is 11.2. The Labute approximate surface area is 106 Å². The molecule has 0 bridgehead atoms. The molecule has 17 heavy (non-hydrogen) atoms. The molecule has 0 unspecified atom stereocenters. The molecule has 0 saturated carbocycles. The van der Waals surface area contributed by atoms with Crippen molar-refractivity contribution in [1.82, 2.24) is 5.32 Å². The summed E-state index contributed by atoms with van der Waals surface area (Å²) in [7, 11) is -3.28. The molecule has 1 rings (SSSR count). The summed E-state index contributed by atoms with van der Waals surface area (Å²) in [6.07, 6.45) is 0. The Morgan fingerprint density at radius 2 is 2.00 bits per heavy atom. The smallest absolute Gasteiger partial charge is 0.217 e. The molecule has 4 nitrogen and oxygen atoms in total. The molecule has 94 valence electrons. The molecule has 6 heteroatoms. The van der Waals surface area contributed by atoms with Crippen LogP contribution in [0.15, 0.2) is 23.1 Å². The van der Waals surface area contributed by atoms with Gasteiger partial charge in [0, 0.05) is 18.5 Å². The van der Waals surface area contributed by atoms with Crippen molar-refractivity contribution in [2.75, 3.05) is 5.75 Å². The second-order valence-corrected chi connectivity index (χ2v) is 6.32. The Hall–Kier alpha value is -1.07. The summed E-state index contributed by atoms with van der Waals surface area (Å²) in [5, 5.41) is 2.94. The minimum absolute atomic E-state index is 0.0208. The van der Waals surface area contributed by atoms with Crippen molar-refractivity contribution in [3.63, 3.8) is 0 Å². The van der Waals surface area contributed by atoms with E-state index >= 15 is 0 Å². The average Bonchev–Trinajstić information content (AvgIpc) is 2.25. The van der Waals surface area contributed by atoms with Gasteiger partial charge in [0.2, 0.25) is 5.91 Å². The van der Waals surface area contributed by atoms with E-state index in [1.165, 1.54) is 19.1 Å². The van der Waals surface area contributed by atoms with Gasteiger partial charge in [0.25, 0.3) is 0 Å². The number of carbonyl (C=O) groups is 1. The Bertz CT molecular complexity index is 526. The molecule has 0 aliphatic carbocycles. The fourth-order valence-electron chi connectivity index (χ4n) is 1.30. The van der Waals surface area contributed by atoms with Crippen LogP contribution >= 0.6 is 11.6 Å². The van der Waals surface area contributed by atoms with Crippen molar-refractivity contribution in [3.8, 4) is 0 Å². The summed E-state index contributed by atoms with van der Waals surface area (Å²) in [5.41, 5.74) is 0.666. The van der Waals surface area contributed by atoms with E-state index in [4.69, 9.17) is 11.6 Å². The van der Waals surface area contributed by atoms with Gasteiger partial charge < -0.3 is 5.32 Å². The summed E-state index contributed by atoms with van der Waals surface area (Å²) in [5.74, 6) is -0.155. The van der Waals surface area contributed by atoms with Crippen LogP contribution in [0.25, 0.3) is 0 Å². The highest BCUT2D eigenvalue weighted by Crippen LogP contribution is 2.20. The van der Waals surface area contributed by atoms with Gasteiger partial charge in [-0.3, -0.25) is 4.79 Å². The Balaban J connectivity index is 3.07. The van der Waals surface area contributed by atoms with Crippen LogP contribution in [-0.2, 0) is 21.2 Å². The molecule has 1 aromatic rings. The van der Waals surface area contributed by atoms with Gasteiger partial charge in [-0.15, -0.1) is 0 Å². The molecular formula is C11H14ClNO3S. The van der Waals surface area contributed by atoms with Gasteiger partial charge in [-0.05, 0) is 23.8 Å². The van der Waals surface area contributed by atoms with Gasteiger partial charge in [-0.2, -0.15) is 0 Å². The number of nitrogens with one attached hydrogen (secondary N) is 1. The van der Waals surface area contributed by atoms with E-state index in [1.807, 2.05) is 0 Å². The number of amides is 1. The Morgan fingerprint density at radius 1 is 1.35 bits per heavy atom. The molecule has 0 atom stereocenters. The van der Waals surface area contributed by atoms with E-state index in [0.29, 0.717) is 10.6 Å². The first-order valence-corrected chi connectivity index (χ1v) is 7.15. The summed E-state index contributed by atoms with van der Waals surface area (Å²) >= 11 is 5.85.